The van der Waals surface area contributed by atoms with Gasteiger partial charge < -0.3 is 10.1 Å². The van der Waals surface area contributed by atoms with Crippen LogP contribution in [0.25, 0.3) is 0 Å². The molecule has 0 bridgehead atoms. The number of nitro groups is 1. The zero-order valence-corrected chi connectivity index (χ0v) is 12.4. The van der Waals surface area contributed by atoms with Crippen LogP contribution in [0, 0.1) is 10.1 Å². The maximum absolute atomic E-state index is 11.8. The number of ether oxygens (including phenoxy) is 1. The Morgan fingerprint density at radius 2 is 2.00 bits per heavy atom. The van der Waals surface area contributed by atoms with E-state index < -0.39 is 28.4 Å². The Hall–Kier alpha value is -1.96. The molecule has 1 amide bonds. The number of carbonyl (C=O) groups is 2. The summed E-state index contributed by atoms with van der Waals surface area (Å²) in [4.78, 5) is 33.7. The maximum Gasteiger partial charge on any atom is 0.328 e. The molecule has 0 spiro atoms. The van der Waals surface area contributed by atoms with Crippen molar-refractivity contribution in [3.05, 3.63) is 27.1 Å². The Balaban J connectivity index is 2.65. The van der Waals surface area contributed by atoms with Crippen LogP contribution in [0.1, 0.15) is 37.4 Å². The second-order valence-corrected chi connectivity index (χ2v) is 6.19. The number of hydrogen-bond acceptors (Lipinski definition) is 6. The lowest BCUT2D eigenvalue weighted by Gasteiger charge is -2.22. The summed E-state index contributed by atoms with van der Waals surface area (Å²) in [6.07, 6.45) is 0. The molecule has 0 fully saturated rings. The number of amides is 1. The van der Waals surface area contributed by atoms with E-state index in [1.54, 1.807) is 20.8 Å². The molecule has 110 valence electrons. The van der Waals surface area contributed by atoms with Gasteiger partial charge in [-0.1, -0.05) is 11.3 Å². The molecule has 7 nitrogen and oxygen atoms in total. The Bertz CT molecular complexity index is 532. The van der Waals surface area contributed by atoms with Crippen molar-refractivity contribution < 1.29 is 19.2 Å². The van der Waals surface area contributed by atoms with Gasteiger partial charge in [0.2, 0.25) is 0 Å². The van der Waals surface area contributed by atoms with Crippen molar-refractivity contribution in [2.24, 2.45) is 0 Å². The van der Waals surface area contributed by atoms with Gasteiger partial charge in [0.15, 0.2) is 0 Å². The van der Waals surface area contributed by atoms with Gasteiger partial charge in [0, 0.05) is 6.07 Å². The fourth-order valence-corrected chi connectivity index (χ4v) is 1.99. The third kappa shape index (κ3) is 4.61. The van der Waals surface area contributed by atoms with Crippen molar-refractivity contribution in [2.45, 2.75) is 39.3 Å². The largest absolute Gasteiger partial charge is 0.458 e. The molecule has 0 aliphatic carbocycles. The normalized spacial score (nSPS) is 12.6. The van der Waals surface area contributed by atoms with Crippen LogP contribution >= 0.6 is 11.3 Å². The molecule has 0 aliphatic heterocycles. The second-order valence-electron chi connectivity index (χ2n) is 5.12. The minimum Gasteiger partial charge on any atom is -0.458 e. The molecule has 1 heterocycles. The summed E-state index contributed by atoms with van der Waals surface area (Å²) in [5.41, 5.74) is -0.641. The maximum atomic E-state index is 11.8. The topological polar surface area (TPSA) is 98.5 Å². The summed E-state index contributed by atoms with van der Waals surface area (Å²) in [5.74, 6) is -1.10. The van der Waals surface area contributed by atoms with Crippen LogP contribution in [-0.2, 0) is 9.53 Å². The molecule has 1 rings (SSSR count). The lowest BCUT2D eigenvalue weighted by atomic mass is 10.2. The Labute approximate surface area is 120 Å². The molecule has 0 aromatic carbocycles. The van der Waals surface area contributed by atoms with E-state index in [2.05, 4.69) is 5.32 Å². The van der Waals surface area contributed by atoms with Gasteiger partial charge in [0.05, 0.1) is 9.80 Å². The van der Waals surface area contributed by atoms with Crippen LogP contribution in [-0.4, -0.2) is 28.4 Å². The minimum atomic E-state index is -0.831. The first-order chi connectivity index (χ1) is 9.10. The van der Waals surface area contributed by atoms with Crippen molar-refractivity contribution in [3.8, 4) is 0 Å². The van der Waals surface area contributed by atoms with Gasteiger partial charge in [-0.05, 0) is 33.8 Å². The first-order valence-corrected chi connectivity index (χ1v) is 6.70. The summed E-state index contributed by atoms with van der Waals surface area (Å²) in [6, 6.07) is 1.76. The molecule has 0 unspecified atom stereocenters. The third-order valence-electron chi connectivity index (χ3n) is 2.10. The van der Waals surface area contributed by atoms with Crippen LogP contribution in [0.15, 0.2) is 12.1 Å². The van der Waals surface area contributed by atoms with Gasteiger partial charge in [-0.15, -0.1) is 0 Å². The average Bonchev–Trinajstić information content (AvgIpc) is 2.75. The van der Waals surface area contributed by atoms with Gasteiger partial charge in [0.25, 0.3) is 5.91 Å². The fraction of sp³-hybridized carbons (Fsp3) is 0.500. The summed E-state index contributed by atoms with van der Waals surface area (Å²) in [7, 11) is 0. The number of esters is 1. The highest BCUT2D eigenvalue weighted by atomic mass is 32.1. The number of carbonyl (C=O) groups excluding carboxylic acids is 2. The summed E-state index contributed by atoms with van der Waals surface area (Å²) in [5, 5.41) is 12.9. The van der Waals surface area contributed by atoms with E-state index in [9.17, 15) is 19.7 Å². The lowest BCUT2D eigenvalue weighted by Crippen LogP contribution is -2.41. The van der Waals surface area contributed by atoms with Crippen molar-refractivity contribution in [2.75, 3.05) is 0 Å². The van der Waals surface area contributed by atoms with Crippen LogP contribution in [0.3, 0.4) is 0 Å². The van der Waals surface area contributed by atoms with E-state index in [1.165, 1.54) is 19.1 Å². The number of rotatable bonds is 4. The number of hydrogen-bond donors (Lipinski definition) is 1. The molecule has 0 aliphatic rings. The first-order valence-electron chi connectivity index (χ1n) is 5.88. The molecule has 20 heavy (non-hydrogen) atoms. The average molecular weight is 300 g/mol. The van der Waals surface area contributed by atoms with Crippen molar-refractivity contribution in [3.63, 3.8) is 0 Å². The molecule has 8 heteroatoms. The molecular formula is C12H16N2O5S. The van der Waals surface area contributed by atoms with E-state index in [1.807, 2.05) is 0 Å². The Morgan fingerprint density at radius 1 is 1.40 bits per heavy atom. The van der Waals surface area contributed by atoms with E-state index >= 15 is 0 Å². The zero-order valence-electron chi connectivity index (χ0n) is 11.6. The van der Waals surface area contributed by atoms with Crippen LogP contribution in [0.5, 0.6) is 0 Å². The summed E-state index contributed by atoms with van der Waals surface area (Å²) in [6.45, 7) is 6.67. The van der Waals surface area contributed by atoms with Crippen LogP contribution in [0.4, 0.5) is 5.00 Å². The van der Waals surface area contributed by atoms with Gasteiger partial charge in [-0.2, -0.15) is 0 Å². The quantitative estimate of drug-likeness (QED) is 0.521. The SMILES string of the molecule is C[C@@H](NC(=O)c1ccc([N+](=O)[O-])s1)C(=O)OC(C)(C)C. The van der Waals surface area contributed by atoms with Gasteiger partial charge in [0.1, 0.15) is 11.6 Å². The van der Waals surface area contributed by atoms with Crippen molar-refractivity contribution in [1.29, 1.82) is 0 Å². The Morgan fingerprint density at radius 3 is 2.45 bits per heavy atom. The lowest BCUT2D eigenvalue weighted by molar-refractivity contribution is -0.380. The highest BCUT2D eigenvalue weighted by Gasteiger charge is 2.24. The third-order valence-corrected chi connectivity index (χ3v) is 3.14. The summed E-state index contributed by atoms with van der Waals surface area (Å²) < 4.78 is 5.12. The van der Waals surface area contributed by atoms with E-state index in [0.29, 0.717) is 0 Å². The van der Waals surface area contributed by atoms with E-state index in [0.717, 1.165) is 11.3 Å². The minimum absolute atomic E-state index is 0.125. The molecule has 0 saturated heterocycles. The van der Waals surface area contributed by atoms with Crippen molar-refractivity contribution >= 4 is 28.2 Å². The molecule has 1 aromatic rings. The van der Waals surface area contributed by atoms with Crippen LogP contribution in [0.2, 0.25) is 0 Å². The Kier molecular flexibility index (Phi) is 4.83. The predicted molar refractivity (Wildman–Crippen MR) is 73.7 cm³/mol. The molecule has 0 saturated carbocycles. The molecule has 1 aromatic heterocycles. The zero-order chi connectivity index (χ0) is 15.5. The summed E-state index contributed by atoms with van der Waals surface area (Å²) >= 11 is 0.753. The van der Waals surface area contributed by atoms with Gasteiger partial charge in [-0.25, -0.2) is 4.79 Å². The highest BCUT2D eigenvalue weighted by molar-refractivity contribution is 7.17. The van der Waals surface area contributed by atoms with Crippen LogP contribution < -0.4 is 5.32 Å². The van der Waals surface area contributed by atoms with E-state index in [4.69, 9.17) is 4.74 Å². The predicted octanol–water partition coefficient (Wildman–Crippen LogP) is 2.12. The van der Waals surface area contributed by atoms with Crippen molar-refractivity contribution in [1.82, 2.24) is 5.32 Å². The molecule has 1 atom stereocenters. The number of nitrogens with one attached hydrogen (secondary N) is 1. The highest BCUT2D eigenvalue weighted by Crippen LogP contribution is 2.23. The smallest absolute Gasteiger partial charge is 0.328 e. The number of thiophene rings is 1. The standard InChI is InChI=1S/C12H16N2O5S/c1-7(11(16)19-12(2,3)4)13-10(15)8-5-6-9(20-8)14(17)18/h5-7H,1-4H3,(H,13,15)/t7-/m1/s1. The molecule has 0 radical (unpaired) electrons. The first kappa shape index (κ1) is 16.1. The molecular weight excluding hydrogens is 284 g/mol. The monoisotopic (exact) mass is 300 g/mol. The molecule has 1 N–H and O–H groups in total. The van der Waals surface area contributed by atoms with E-state index in [-0.39, 0.29) is 9.88 Å². The second kappa shape index (κ2) is 6.00. The number of nitrogens with zero attached hydrogens (tertiary/aromatic N) is 1. The van der Waals surface area contributed by atoms with Gasteiger partial charge >= 0.3 is 11.0 Å². The fourth-order valence-electron chi connectivity index (χ4n) is 1.26. The van der Waals surface area contributed by atoms with Gasteiger partial charge in [-0.3, -0.25) is 14.9 Å².